The van der Waals surface area contributed by atoms with Crippen molar-refractivity contribution in [3.05, 3.63) is 11.7 Å². The van der Waals surface area contributed by atoms with Gasteiger partial charge in [0.05, 0.1) is 12.6 Å². The maximum atomic E-state index is 11.3. The lowest BCUT2D eigenvalue weighted by molar-refractivity contribution is 0.177. The number of rotatable bonds is 5. The predicted molar refractivity (Wildman–Crippen MR) is 56.4 cm³/mol. The highest BCUT2D eigenvalue weighted by Crippen LogP contribution is 2.19. The minimum absolute atomic E-state index is 0.0454. The zero-order chi connectivity index (χ0) is 12.3. The van der Waals surface area contributed by atoms with Gasteiger partial charge in [0, 0.05) is 13.4 Å². The summed E-state index contributed by atoms with van der Waals surface area (Å²) < 4.78 is 32.2. The van der Waals surface area contributed by atoms with Gasteiger partial charge in [0.15, 0.2) is 15.7 Å². The normalized spacial score (nSPS) is 16.0. The fraction of sp³-hybridized carbons (Fsp3) is 0.750. The van der Waals surface area contributed by atoms with Crippen LogP contribution in [0.15, 0.2) is 4.52 Å². The fourth-order valence-electron chi connectivity index (χ4n) is 1.00. The first-order chi connectivity index (χ1) is 7.36. The van der Waals surface area contributed by atoms with Crippen LogP contribution in [0.3, 0.4) is 0 Å². The molecule has 8 heteroatoms. The van der Waals surface area contributed by atoms with Gasteiger partial charge in [-0.1, -0.05) is 5.16 Å². The van der Waals surface area contributed by atoms with Gasteiger partial charge in [-0.2, -0.15) is 4.98 Å². The van der Waals surface area contributed by atoms with E-state index in [1.807, 2.05) is 0 Å². The minimum atomic E-state index is -3.25. The molecule has 1 aromatic heterocycles. The number of sulfone groups is 1. The van der Waals surface area contributed by atoms with E-state index in [0.717, 1.165) is 6.26 Å². The molecule has 1 aromatic rings. The summed E-state index contributed by atoms with van der Waals surface area (Å²) in [6, 6.07) is -0.519. The quantitative estimate of drug-likeness (QED) is 0.771. The first-order valence-corrected chi connectivity index (χ1v) is 6.58. The Morgan fingerprint density at radius 2 is 2.19 bits per heavy atom. The maximum absolute atomic E-state index is 11.3. The smallest absolute Gasteiger partial charge is 0.244 e. The third kappa shape index (κ3) is 3.00. The number of ether oxygens (including phenoxy) is 1. The Hall–Kier alpha value is -0.990. The third-order valence-corrected chi connectivity index (χ3v) is 3.61. The Morgan fingerprint density at radius 1 is 1.56 bits per heavy atom. The molecule has 0 bridgehead atoms. The molecule has 0 saturated carbocycles. The molecular weight excluding hydrogens is 234 g/mol. The lowest BCUT2D eigenvalue weighted by Crippen LogP contribution is -2.18. The summed E-state index contributed by atoms with van der Waals surface area (Å²) in [4.78, 5) is 3.93. The molecule has 1 heterocycles. The van der Waals surface area contributed by atoms with Gasteiger partial charge in [0.25, 0.3) is 0 Å². The first-order valence-electron chi connectivity index (χ1n) is 4.63. The summed E-state index contributed by atoms with van der Waals surface area (Å²) in [5.41, 5.74) is 5.67. The summed E-state index contributed by atoms with van der Waals surface area (Å²) >= 11 is 0. The maximum Gasteiger partial charge on any atom is 0.244 e. The van der Waals surface area contributed by atoms with E-state index in [4.69, 9.17) is 15.0 Å². The molecule has 92 valence electrons. The number of methoxy groups -OCH3 is 1. The van der Waals surface area contributed by atoms with E-state index in [1.165, 1.54) is 14.0 Å². The molecule has 0 fully saturated rings. The highest BCUT2D eigenvalue weighted by molar-refractivity contribution is 7.90. The number of hydrogen-bond acceptors (Lipinski definition) is 7. The van der Waals surface area contributed by atoms with Crippen LogP contribution in [-0.2, 0) is 14.6 Å². The van der Waals surface area contributed by atoms with Gasteiger partial charge < -0.3 is 15.0 Å². The largest absolute Gasteiger partial charge is 0.383 e. The Balaban J connectivity index is 2.87. The van der Waals surface area contributed by atoms with Crippen LogP contribution in [0.5, 0.6) is 0 Å². The Kier molecular flexibility index (Phi) is 4.00. The van der Waals surface area contributed by atoms with Gasteiger partial charge in [0.1, 0.15) is 5.25 Å². The van der Waals surface area contributed by atoms with Crippen molar-refractivity contribution >= 4 is 9.84 Å². The number of aromatic nitrogens is 2. The molecule has 0 aliphatic carbocycles. The average Bonchev–Trinajstić information content (AvgIpc) is 2.64. The van der Waals surface area contributed by atoms with Crippen molar-refractivity contribution in [3.63, 3.8) is 0 Å². The van der Waals surface area contributed by atoms with E-state index in [0.29, 0.717) is 0 Å². The first kappa shape index (κ1) is 13.1. The zero-order valence-corrected chi connectivity index (χ0v) is 10.2. The molecule has 0 aliphatic heterocycles. The summed E-state index contributed by atoms with van der Waals surface area (Å²) in [6.07, 6.45) is 1.11. The molecule has 0 amide bonds. The van der Waals surface area contributed by atoms with Gasteiger partial charge in [-0.15, -0.1) is 0 Å². The number of hydrogen-bond donors (Lipinski definition) is 1. The topological polar surface area (TPSA) is 108 Å². The van der Waals surface area contributed by atoms with Crippen LogP contribution in [-0.4, -0.2) is 38.5 Å². The monoisotopic (exact) mass is 249 g/mol. The van der Waals surface area contributed by atoms with Crippen LogP contribution < -0.4 is 5.73 Å². The third-order valence-electron chi connectivity index (χ3n) is 2.13. The molecule has 7 nitrogen and oxygen atoms in total. The standard InChI is InChI=1S/C8H15N3O4S/c1-5(16(3,12)13)8-10-7(11-15-8)6(9)4-14-2/h5-6H,4,9H2,1-3H3. The van der Waals surface area contributed by atoms with Crippen molar-refractivity contribution in [1.29, 1.82) is 0 Å². The Bertz CT molecular complexity index is 442. The van der Waals surface area contributed by atoms with Gasteiger partial charge in [-0.25, -0.2) is 8.42 Å². The second kappa shape index (κ2) is 4.89. The average molecular weight is 249 g/mol. The highest BCUT2D eigenvalue weighted by atomic mass is 32.2. The molecule has 0 radical (unpaired) electrons. The van der Waals surface area contributed by atoms with Crippen molar-refractivity contribution < 1.29 is 17.7 Å². The highest BCUT2D eigenvalue weighted by Gasteiger charge is 2.25. The summed E-state index contributed by atoms with van der Waals surface area (Å²) in [7, 11) is -1.75. The van der Waals surface area contributed by atoms with Crippen molar-refractivity contribution in [2.75, 3.05) is 20.0 Å². The van der Waals surface area contributed by atoms with Crippen LogP contribution in [0.4, 0.5) is 0 Å². The molecule has 0 aliphatic rings. The lowest BCUT2D eigenvalue weighted by atomic mass is 10.3. The molecule has 2 atom stereocenters. The molecule has 1 rings (SSSR count). The zero-order valence-electron chi connectivity index (χ0n) is 9.37. The van der Waals surface area contributed by atoms with Crippen LogP contribution in [0.1, 0.15) is 29.9 Å². The molecule has 2 unspecified atom stereocenters. The van der Waals surface area contributed by atoms with Crippen molar-refractivity contribution in [3.8, 4) is 0 Å². The molecule has 0 spiro atoms. The molecule has 16 heavy (non-hydrogen) atoms. The van der Waals surface area contributed by atoms with Gasteiger partial charge in [0.2, 0.25) is 5.89 Å². The summed E-state index contributed by atoms with van der Waals surface area (Å²) in [5.74, 6) is 0.288. The van der Waals surface area contributed by atoms with E-state index in [2.05, 4.69) is 10.1 Å². The van der Waals surface area contributed by atoms with Crippen molar-refractivity contribution in [1.82, 2.24) is 10.1 Å². The van der Waals surface area contributed by atoms with Crippen LogP contribution in [0.2, 0.25) is 0 Å². The molecule has 2 N–H and O–H groups in total. The summed E-state index contributed by atoms with van der Waals surface area (Å²) in [5, 5.41) is 2.78. The number of nitrogens with zero attached hydrogens (tertiary/aromatic N) is 2. The molecule has 0 saturated heterocycles. The van der Waals surface area contributed by atoms with Crippen LogP contribution >= 0.6 is 0 Å². The molecular formula is C8H15N3O4S. The predicted octanol–water partition coefficient (Wildman–Crippen LogP) is -0.179. The summed E-state index contributed by atoms with van der Waals surface area (Å²) in [6.45, 7) is 1.72. The SMILES string of the molecule is COCC(N)c1noc(C(C)S(C)(=O)=O)n1. The van der Waals surface area contributed by atoms with E-state index < -0.39 is 21.1 Å². The van der Waals surface area contributed by atoms with E-state index in [-0.39, 0.29) is 18.3 Å². The van der Waals surface area contributed by atoms with E-state index >= 15 is 0 Å². The minimum Gasteiger partial charge on any atom is -0.383 e. The second-order valence-electron chi connectivity index (χ2n) is 3.52. The van der Waals surface area contributed by atoms with E-state index in [9.17, 15) is 8.42 Å². The van der Waals surface area contributed by atoms with Crippen molar-refractivity contribution in [2.45, 2.75) is 18.2 Å². The van der Waals surface area contributed by atoms with E-state index in [1.54, 1.807) is 0 Å². The number of nitrogens with two attached hydrogens (primary N) is 1. The van der Waals surface area contributed by atoms with Crippen LogP contribution in [0, 0.1) is 0 Å². The van der Waals surface area contributed by atoms with Crippen LogP contribution in [0.25, 0.3) is 0 Å². The second-order valence-corrected chi connectivity index (χ2v) is 5.89. The van der Waals surface area contributed by atoms with Gasteiger partial charge >= 0.3 is 0 Å². The van der Waals surface area contributed by atoms with Gasteiger partial charge in [-0.05, 0) is 6.92 Å². The van der Waals surface area contributed by atoms with Crippen molar-refractivity contribution in [2.24, 2.45) is 5.73 Å². The lowest BCUT2D eigenvalue weighted by Gasteiger charge is -2.04. The molecule has 0 aromatic carbocycles. The fourth-order valence-corrected chi connectivity index (χ4v) is 1.46. The van der Waals surface area contributed by atoms with Gasteiger partial charge in [-0.3, -0.25) is 0 Å². The Labute approximate surface area is 93.9 Å². The Morgan fingerprint density at radius 3 is 2.69 bits per heavy atom.